The van der Waals surface area contributed by atoms with Gasteiger partial charge in [-0.2, -0.15) is 4.98 Å². The molecule has 16 heavy (non-hydrogen) atoms. The third kappa shape index (κ3) is 3.79. The molecule has 0 fully saturated rings. The summed E-state index contributed by atoms with van der Waals surface area (Å²) >= 11 is 0. The van der Waals surface area contributed by atoms with Crippen molar-refractivity contribution in [2.24, 2.45) is 5.50 Å². The van der Waals surface area contributed by atoms with Crippen LogP contribution in [0.2, 0.25) is 0 Å². The Balaban J connectivity index is 0.000000221. The Morgan fingerprint density at radius 3 is 2.56 bits per heavy atom. The number of H-pyrrole nitrogens is 2. The quantitative estimate of drug-likeness (QED) is 0.297. The Kier molecular flexibility index (Phi) is 3.40. The number of imidazole rings is 1. The summed E-state index contributed by atoms with van der Waals surface area (Å²) in [7, 11) is -4.14. The topological polar surface area (TPSA) is 184 Å². The highest BCUT2D eigenvalue weighted by Crippen LogP contribution is 2.20. The van der Waals surface area contributed by atoms with E-state index in [9.17, 15) is 4.79 Å². The summed E-state index contributed by atoms with van der Waals surface area (Å²) in [5, 5.41) is 0. The lowest BCUT2D eigenvalue weighted by Gasteiger charge is -1.89. The van der Waals surface area contributed by atoms with Crippen molar-refractivity contribution in [1.82, 2.24) is 19.9 Å². The summed E-state index contributed by atoms with van der Waals surface area (Å²) in [6.07, 6.45) is 1.40. The molecule has 2 heterocycles. The Morgan fingerprint density at radius 2 is 2.00 bits per heavy atom. The van der Waals surface area contributed by atoms with Gasteiger partial charge in [-0.1, -0.05) is 0 Å². The second-order valence-electron chi connectivity index (χ2n) is 2.64. The molecular formula is C5H9N6O4P. The van der Waals surface area contributed by atoms with Gasteiger partial charge in [0.05, 0.1) is 6.33 Å². The molecule has 0 aliphatic carbocycles. The lowest BCUT2D eigenvalue weighted by molar-refractivity contribution is 0.374. The van der Waals surface area contributed by atoms with E-state index in [1.54, 1.807) is 0 Å². The van der Waals surface area contributed by atoms with Gasteiger partial charge in [-0.25, -0.2) is 15.1 Å². The number of hydrogen-bond donors (Lipinski definition) is 6. The van der Waals surface area contributed by atoms with Crippen LogP contribution in [0.3, 0.4) is 0 Å². The maximum atomic E-state index is 11.0. The van der Waals surface area contributed by atoms with Crippen molar-refractivity contribution >= 4 is 24.9 Å². The van der Waals surface area contributed by atoms with Gasteiger partial charge >= 0.3 is 7.75 Å². The average molecular weight is 248 g/mol. The van der Waals surface area contributed by atoms with E-state index in [0.717, 1.165) is 0 Å². The Morgan fingerprint density at radius 1 is 1.44 bits per heavy atom. The third-order valence-corrected chi connectivity index (χ3v) is 1.31. The van der Waals surface area contributed by atoms with Crippen molar-refractivity contribution in [3.63, 3.8) is 0 Å². The van der Waals surface area contributed by atoms with Crippen LogP contribution in [-0.4, -0.2) is 29.7 Å². The van der Waals surface area contributed by atoms with Crippen molar-refractivity contribution in [1.29, 1.82) is 0 Å². The lowest BCUT2D eigenvalue weighted by atomic mass is 10.5. The van der Waals surface area contributed by atoms with Crippen LogP contribution in [-0.2, 0) is 4.57 Å². The monoisotopic (exact) mass is 248 g/mol. The maximum absolute atomic E-state index is 11.0. The first-order chi connectivity index (χ1) is 7.27. The van der Waals surface area contributed by atoms with E-state index < -0.39 is 7.75 Å². The molecule has 0 saturated heterocycles. The van der Waals surface area contributed by atoms with Crippen LogP contribution >= 0.6 is 7.75 Å². The van der Waals surface area contributed by atoms with Crippen LogP contribution < -0.4 is 16.8 Å². The number of nitrogens with one attached hydrogen (secondary N) is 2. The molecule has 0 aliphatic rings. The van der Waals surface area contributed by atoms with Gasteiger partial charge in [-0.15, -0.1) is 0 Å². The van der Waals surface area contributed by atoms with Gasteiger partial charge in [-0.05, 0) is 0 Å². The minimum Gasteiger partial charge on any atom is -0.369 e. The Labute approximate surface area is 87.9 Å². The SMILES string of the molecule is NP(=O)(O)O.Nc1nc2[nH]cnc2c(=O)[nH]1. The second-order valence-corrected chi connectivity index (χ2v) is 3.82. The third-order valence-electron chi connectivity index (χ3n) is 1.31. The summed E-state index contributed by atoms with van der Waals surface area (Å²) in [6.45, 7) is 0. The first-order valence-corrected chi connectivity index (χ1v) is 5.48. The number of fused-ring (bicyclic) bond motifs is 1. The van der Waals surface area contributed by atoms with Crippen LogP contribution in [0.25, 0.3) is 11.2 Å². The number of aromatic nitrogens is 4. The molecule has 0 aliphatic heterocycles. The number of aromatic amines is 2. The zero-order chi connectivity index (χ0) is 12.3. The molecule has 0 atom stereocenters. The van der Waals surface area contributed by atoms with Crippen molar-refractivity contribution in [2.45, 2.75) is 0 Å². The molecule has 8 N–H and O–H groups in total. The van der Waals surface area contributed by atoms with Gasteiger partial charge in [0, 0.05) is 0 Å². The molecule has 0 saturated carbocycles. The van der Waals surface area contributed by atoms with Crippen LogP contribution in [0.4, 0.5) is 5.95 Å². The van der Waals surface area contributed by atoms with Gasteiger partial charge in [0.1, 0.15) is 0 Å². The normalized spacial score (nSPS) is 10.9. The van der Waals surface area contributed by atoms with Crippen molar-refractivity contribution < 1.29 is 14.4 Å². The summed E-state index contributed by atoms with van der Waals surface area (Å²) in [5.41, 5.74) is 9.65. The van der Waals surface area contributed by atoms with E-state index in [1.807, 2.05) is 0 Å². The summed E-state index contributed by atoms with van der Waals surface area (Å²) in [6, 6.07) is 0. The smallest absolute Gasteiger partial charge is 0.369 e. The first-order valence-electron chi connectivity index (χ1n) is 3.80. The number of nitrogens with zero attached hydrogens (tertiary/aromatic N) is 2. The first kappa shape index (κ1) is 12.3. The largest absolute Gasteiger partial charge is 0.397 e. The molecule has 10 nitrogen and oxygen atoms in total. The maximum Gasteiger partial charge on any atom is 0.397 e. The van der Waals surface area contributed by atoms with Crippen molar-refractivity contribution in [2.75, 3.05) is 5.73 Å². The molecule has 11 heteroatoms. The van der Waals surface area contributed by atoms with E-state index in [-0.39, 0.29) is 17.0 Å². The number of anilines is 1. The molecule has 0 amide bonds. The van der Waals surface area contributed by atoms with Gasteiger partial charge in [0.2, 0.25) is 5.95 Å². The highest BCUT2D eigenvalue weighted by Gasteiger charge is 2.01. The predicted octanol–water partition coefficient (Wildman–Crippen LogP) is -1.73. The Hall–Kier alpha value is -1.74. The number of rotatable bonds is 0. The van der Waals surface area contributed by atoms with Crippen molar-refractivity contribution in [3.8, 4) is 0 Å². The lowest BCUT2D eigenvalue weighted by Crippen LogP contribution is -2.10. The van der Waals surface area contributed by atoms with Crippen LogP contribution in [0.5, 0.6) is 0 Å². The van der Waals surface area contributed by atoms with E-state index in [2.05, 4.69) is 25.4 Å². The van der Waals surface area contributed by atoms with Gasteiger partial charge < -0.3 is 20.5 Å². The molecule has 88 valence electrons. The van der Waals surface area contributed by atoms with Crippen LogP contribution in [0.1, 0.15) is 0 Å². The highest BCUT2D eigenvalue weighted by atomic mass is 31.2. The fourth-order valence-corrected chi connectivity index (χ4v) is 0.863. The second kappa shape index (κ2) is 4.41. The van der Waals surface area contributed by atoms with E-state index in [1.165, 1.54) is 6.33 Å². The molecule has 0 unspecified atom stereocenters. The summed E-state index contributed by atoms with van der Waals surface area (Å²) in [4.78, 5) is 38.4. The molecule has 2 aromatic rings. The number of nitrogens with two attached hydrogens (primary N) is 2. The zero-order valence-corrected chi connectivity index (χ0v) is 8.68. The highest BCUT2D eigenvalue weighted by molar-refractivity contribution is 7.49. The fraction of sp³-hybridized carbons (Fsp3) is 0. The molecule has 2 rings (SSSR count). The Bertz CT molecular complexity index is 576. The number of nitrogen functional groups attached to an aromatic ring is 1. The predicted molar refractivity (Wildman–Crippen MR) is 55.2 cm³/mol. The molecule has 0 aromatic carbocycles. The standard InChI is InChI=1S/C5H5N5O.H4NO3P/c6-5-9-3-2(4(11)10-5)7-1-8-3;1-5(2,3)4/h1H,(H4,6,7,8,9,10,11);(H4,1,2,3,4). The van der Waals surface area contributed by atoms with E-state index in [4.69, 9.17) is 20.1 Å². The average Bonchev–Trinajstić information content (AvgIpc) is 2.47. The van der Waals surface area contributed by atoms with Crippen LogP contribution in [0.15, 0.2) is 11.1 Å². The van der Waals surface area contributed by atoms with E-state index in [0.29, 0.717) is 5.65 Å². The summed E-state index contributed by atoms with van der Waals surface area (Å²) in [5.74, 6) is 0.0896. The summed E-state index contributed by atoms with van der Waals surface area (Å²) < 4.78 is 9.10. The fourth-order valence-electron chi connectivity index (χ4n) is 0.863. The van der Waals surface area contributed by atoms with E-state index >= 15 is 0 Å². The molecule has 0 spiro atoms. The minimum absolute atomic E-state index is 0.0896. The molecule has 0 radical (unpaired) electrons. The molecule has 0 bridgehead atoms. The minimum atomic E-state index is -4.14. The number of hydrogen-bond acceptors (Lipinski definition) is 5. The van der Waals surface area contributed by atoms with Crippen molar-refractivity contribution in [3.05, 3.63) is 16.7 Å². The van der Waals surface area contributed by atoms with Gasteiger partial charge in [0.25, 0.3) is 5.56 Å². The van der Waals surface area contributed by atoms with Gasteiger partial charge in [0.15, 0.2) is 11.2 Å². The zero-order valence-electron chi connectivity index (χ0n) is 7.78. The van der Waals surface area contributed by atoms with Gasteiger partial charge in [-0.3, -0.25) is 9.78 Å². The molecule has 2 aromatic heterocycles. The van der Waals surface area contributed by atoms with Crippen LogP contribution in [0, 0.1) is 0 Å². The molecular weight excluding hydrogens is 239 g/mol.